The predicted octanol–water partition coefficient (Wildman–Crippen LogP) is 4.03. The lowest BCUT2D eigenvalue weighted by Gasteiger charge is -2.23. The molecule has 0 spiro atoms. The summed E-state index contributed by atoms with van der Waals surface area (Å²) in [5.41, 5.74) is 1.98. The van der Waals surface area contributed by atoms with Crippen LogP contribution in [0.5, 0.6) is 5.75 Å². The zero-order valence-electron chi connectivity index (χ0n) is 16.4. The first-order valence-electron chi connectivity index (χ1n) is 9.74. The van der Waals surface area contributed by atoms with E-state index >= 15 is 0 Å². The standard InChI is InChI=1S/C15H20N2O2.C7H8OS/c1-10(16-12-4-2-3-5-12)11-6-7-14-13(8-11)17-15(18)9-19-14;1-9(8)7-5-3-2-4-6-7/h6-8,10,12,16H,2-5,9H2,1H3,(H,17,18);2-6H,1H3. The molecule has 0 bridgehead atoms. The summed E-state index contributed by atoms with van der Waals surface area (Å²) >= 11 is 0. The Balaban J connectivity index is 0.000000211. The fourth-order valence-electron chi connectivity index (χ4n) is 3.52. The molecule has 0 saturated heterocycles. The zero-order chi connectivity index (χ0) is 19.9. The highest BCUT2D eigenvalue weighted by Crippen LogP contribution is 2.31. The number of hydrogen-bond donors (Lipinski definition) is 2. The topological polar surface area (TPSA) is 67.4 Å². The third-order valence-corrected chi connectivity index (χ3v) is 5.99. The van der Waals surface area contributed by atoms with Crippen molar-refractivity contribution in [1.29, 1.82) is 0 Å². The van der Waals surface area contributed by atoms with Crippen LogP contribution in [0.3, 0.4) is 0 Å². The molecule has 2 aromatic rings. The number of hydrogen-bond acceptors (Lipinski definition) is 4. The van der Waals surface area contributed by atoms with Gasteiger partial charge in [-0.1, -0.05) is 37.1 Å². The molecule has 150 valence electrons. The van der Waals surface area contributed by atoms with E-state index in [1.54, 1.807) is 6.26 Å². The number of anilines is 1. The van der Waals surface area contributed by atoms with Crippen molar-refractivity contribution in [2.75, 3.05) is 18.2 Å². The molecule has 5 nitrogen and oxygen atoms in total. The van der Waals surface area contributed by atoms with Crippen molar-refractivity contribution in [3.05, 3.63) is 54.1 Å². The predicted molar refractivity (Wildman–Crippen MR) is 113 cm³/mol. The smallest absolute Gasteiger partial charge is 0.262 e. The molecule has 2 aliphatic rings. The molecule has 2 N–H and O–H groups in total. The summed E-state index contributed by atoms with van der Waals surface area (Å²) in [6.45, 7) is 2.29. The number of fused-ring (bicyclic) bond motifs is 1. The van der Waals surface area contributed by atoms with Crippen molar-refractivity contribution >= 4 is 22.4 Å². The van der Waals surface area contributed by atoms with E-state index in [-0.39, 0.29) is 12.5 Å². The fourth-order valence-corrected chi connectivity index (χ4v) is 4.06. The Bertz CT molecular complexity index is 820. The Morgan fingerprint density at radius 2 is 1.86 bits per heavy atom. The molecule has 1 amide bonds. The second-order valence-electron chi connectivity index (χ2n) is 7.23. The Morgan fingerprint density at radius 3 is 2.50 bits per heavy atom. The summed E-state index contributed by atoms with van der Waals surface area (Å²) in [6, 6.07) is 16.4. The number of amides is 1. The molecule has 2 atom stereocenters. The van der Waals surface area contributed by atoms with E-state index < -0.39 is 10.8 Å². The molecular weight excluding hydrogens is 372 g/mol. The Hall–Kier alpha value is -2.18. The van der Waals surface area contributed by atoms with Gasteiger partial charge in [0, 0.05) is 34.0 Å². The molecule has 28 heavy (non-hydrogen) atoms. The number of rotatable bonds is 4. The van der Waals surface area contributed by atoms with Crippen LogP contribution in [0.1, 0.15) is 44.2 Å². The van der Waals surface area contributed by atoms with Crippen molar-refractivity contribution in [2.24, 2.45) is 0 Å². The van der Waals surface area contributed by atoms with Crippen LogP contribution in [-0.4, -0.2) is 29.0 Å². The van der Waals surface area contributed by atoms with Crippen LogP contribution in [0, 0.1) is 0 Å². The molecule has 4 rings (SSSR count). The van der Waals surface area contributed by atoms with Gasteiger partial charge in [0.2, 0.25) is 0 Å². The Labute approximate surface area is 169 Å². The van der Waals surface area contributed by atoms with E-state index in [0.29, 0.717) is 12.1 Å². The summed E-state index contributed by atoms with van der Waals surface area (Å²) in [6.07, 6.45) is 6.89. The first-order valence-corrected chi connectivity index (χ1v) is 11.3. The van der Waals surface area contributed by atoms with Gasteiger partial charge >= 0.3 is 0 Å². The van der Waals surface area contributed by atoms with Gasteiger partial charge in [0.25, 0.3) is 5.91 Å². The summed E-state index contributed by atoms with van der Waals surface area (Å²) in [4.78, 5) is 12.2. The molecule has 0 radical (unpaired) electrons. The summed E-state index contributed by atoms with van der Waals surface area (Å²) < 4.78 is 16.1. The monoisotopic (exact) mass is 400 g/mol. The summed E-state index contributed by atoms with van der Waals surface area (Å²) in [5.74, 6) is 0.678. The van der Waals surface area contributed by atoms with Gasteiger partial charge in [0.1, 0.15) is 5.75 Å². The normalized spacial score (nSPS) is 18.1. The second kappa shape index (κ2) is 9.85. The highest BCUT2D eigenvalue weighted by Gasteiger charge is 2.20. The van der Waals surface area contributed by atoms with Crippen LogP contribution in [-0.2, 0) is 15.6 Å². The third-order valence-electron chi connectivity index (χ3n) is 5.05. The molecule has 6 heteroatoms. The number of benzene rings is 2. The van der Waals surface area contributed by atoms with Crippen LogP contribution in [0.4, 0.5) is 5.69 Å². The van der Waals surface area contributed by atoms with Gasteiger partial charge in [-0.2, -0.15) is 0 Å². The zero-order valence-corrected chi connectivity index (χ0v) is 17.3. The quantitative estimate of drug-likeness (QED) is 0.813. The van der Waals surface area contributed by atoms with Gasteiger partial charge in [-0.05, 0) is 49.6 Å². The first-order chi connectivity index (χ1) is 13.5. The lowest BCUT2D eigenvalue weighted by Crippen LogP contribution is -2.29. The maximum Gasteiger partial charge on any atom is 0.262 e. The largest absolute Gasteiger partial charge is 0.482 e. The van der Waals surface area contributed by atoms with Crippen LogP contribution >= 0.6 is 0 Å². The summed E-state index contributed by atoms with van der Waals surface area (Å²) in [7, 11) is -0.829. The fraction of sp³-hybridized carbons (Fsp3) is 0.409. The molecule has 1 saturated carbocycles. The van der Waals surface area contributed by atoms with E-state index in [1.165, 1.54) is 31.2 Å². The SMILES string of the molecule is CC(NC1CCCC1)c1ccc2c(c1)NC(=O)CO2.CS(=O)c1ccccc1. The maximum absolute atomic E-state index is 11.3. The molecule has 2 aromatic carbocycles. The van der Waals surface area contributed by atoms with Gasteiger partial charge in [0.05, 0.1) is 5.69 Å². The van der Waals surface area contributed by atoms with Gasteiger partial charge in [-0.25, -0.2) is 0 Å². The number of carbonyl (C=O) groups is 1. The number of carbonyl (C=O) groups excluding carboxylic acids is 1. The lowest BCUT2D eigenvalue weighted by molar-refractivity contribution is -0.118. The van der Waals surface area contributed by atoms with E-state index in [0.717, 1.165) is 16.3 Å². The highest BCUT2D eigenvalue weighted by molar-refractivity contribution is 7.84. The Morgan fingerprint density at radius 1 is 1.14 bits per heavy atom. The molecule has 2 unspecified atom stereocenters. The number of nitrogens with one attached hydrogen (secondary N) is 2. The molecule has 0 aromatic heterocycles. The van der Waals surface area contributed by atoms with Crippen LogP contribution in [0.25, 0.3) is 0 Å². The average molecular weight is 401 g/mol. The molecule has 1 aliphatic carbocycles. The minimum Gasteiger partial charge on any atom is -0.482 e. The first kappa shape index (κ1) is 20.6. The van der Waals surface area contributed by atoms with Gasteiger partial charge in [-0.3, -0.25) is 9.00 Å². The van der Waals surface area contributed by atoms with E-state index in [1.807, 2.05) is 42.5 Å². The van der Waals surface area contributed by atoms with Crippen molar-refractivity contribution in [1.82, 2.24) is 5.32 Å². The Kier molecular flexibility index (Phi) is 7.23. The van der Waals surface area contributed by atoms with Gasteiger partial charge < -0.3 is 15.4 Å². The molecular formula is C22H28N2O3S. The van der Waals surface area contributed by atoms with Crippen molar-refractivity contribution in [2.45, 2.75) is 49.6 Å². The minimum absolute atomic E-state index is 0.0824. The minimum atomic E-state index is -0.829. The van der Waals surface area contributed by atoms with Gasteiger partial charge in [0.15, 0.2) is 6.61 Å². The maximum atomic E-state index is 11.3. The van der Waals surface area contributed by atoms with Crippen LogP contribution < -0.4 is 15.4 Å². The van der Waals surface area contributed by atoms with E-state index in [2.05, 4.69) is 23.6 Å². The van der Waals surface area contributed by atoms with Crippen molar-refractivity contribution in [3.63, 3.8) is 0 Å². The van der Waals surface area contributed by atoms with Gasteiger partial charge in [-0.15, -0.1) is 0 Å². The molecule has 1 aliphatic heterocycles. The highest BCUT2D eigenvalue weighted by atomic mass is 32.2. The number of ether oxygens (including phenoxy) is 1. The van der Waals surface area contributed by atoms with Crippen molar-refractivity contribution in [3.8, 4) is 5.75 Å². The van der Waals surface area contributed by atoms with E-state index in [9.17, 15) is 9.00 Å². The average Bonchev–Trinajstić information content (AvgIpc) is 3.21. The van der Waals surface area contributed by atoms with Crippen LogP contribution in [0.2, 0.25) is 0 Å². The van der Waals surface area contributed by atoms with Crippen molar-refractivity contribution < 1.29 is 13.7 Å². The second-order valence-corrected chi connectivity index (χ2v) is 8.61. The third kappa shape index (κ3) is 5.66. The molecule has 1 heterocycles. The van der Waals surface area contributed by atoms with E-state index in [4.69, 9.17) is 4.74 Å². The lowest BCUT2D eigenvalue weighted by atomic mass is 10.1. The summed E-state index contributed by atoms with van der Waals surface area (Å²) in [5, 5.41) is 6.52. The van der Waals surface area contributed by atoms with Crippen LogP contribution in [0.15, 0.2) is 53.4 Å². The molecule has 1 fully saturated rings.